The van der Waals surface area contributed by atoms with Crippen LogP contribution >= 0.6 is 0 Å². The van der Waals surface area contributed by atoms with Crippen LogP contribution in [-0.2, 0) is 22.5 Å². The zero-order chi connectivity index (χ0) is 25.1. The molecule has 1 aromatic carbocycles. The molecule has 188 valence electrons. The lowest BCUT2D eigenvalue weighted by Crippen LogP contribution is -2.52. The van der Waals surface area contributed by atoms with Gasteiger partial charge in [0, 0.05) is 25.7 Å². The van der Waals surface area contributed by atoms with Crippen LogP contribution in [0.2, 0.25) is 0 Å². The van der Waals surface area contributed by atoms with Crippen molar-refractivity contribution in [3.8, 4) is 11.5 Å². The number of nitrogens with one attached hydrogen (secondary N) is 1. The Morgan fingerprint density at radius 3 is 2.32 bits per heavy atom. The molecular formula is C25H37N3O6. The van der Waals surface area contributed by atoms with Gasteiger partial charge in [-0.3, -0.25) is 4.79 Å². The SMILES string of the molecule is COCCN(CC(=O)N(CCc1ccc(OC)c(OC)c1)Cc1ccco1)C(=O)NC(C)(C)C. The van der Waals surface area contributed by atoms with E-state index in [1.165, 1.54) is 4.90 Å². The fraction of sp³-hybridized carbons (Fsp3) is 0.520. The maximum atomic E-state index is 13.3. The predicted molar refractivity (Wildman–Crippen MR) is 129 cm³/mol. The van der Waals surface area contributed by atoms with Crippen LogP contribution in [-0.4, -0.2) is 74.8 Å². The number of benzene rings is 1. The van der Waals surface area contributed by atoms with Gasteiger partial charge in [-0.05, 0) is 57.0 Å². The Bertz CT molecular complexity index is 908. The molecule has 0 unspecified atom stereocenters. The molecular weight excluding hydrogens is 438 g/mol. The van der Waals surface area contributed by atoms with Crippen LogP contribution in [0.25, 0.3) is 0 Å². The summed E-state index contributed by atoms with van der Waals surface area (Å²) in [6.45, 7) is 6.99. The smallest absolute Gasteiger partial charge is 0.318 e. The second kappa shape index (κ2) is 12.9. The van der Waals surface area contributed by atoms with Crippen molar-refractivity contribution in [3.63, 3.8) is 0 Å². The first-order valence-electron chi connectivity index (χ1n) is 11.2. The van der Waals surface area contributed by atoms with E-state index in [-0.39, 0.29) is 18.5 Å². The summed E-state index contributed by atoms with van der Waals surface area (Å²) in [7, 11) is 4.74. The number of carbonyl (C=O) groups excluding carboxylic acids is 2. The largest absolute Gasteiger partial charge is 0.493 e. The van der Waals surface area contributed by atoms with Crippen molar-refractivity contribution in [1.29, 1.82) is 0 Å². The number of carbonyl (C=O) groups is 2. The van der Waals surface area contributed by atoms with Gasteiger partial charge in [0.05, 0.1) is 33.6 Å². The molecule has 1 aromatic heterocycles. The number of furan rings is 1. The van der Waals surface area contributed by atoms with Crippen LogP contribution in [0.5, 0.6) is 11.5 Å². The summed E-state index contributed by atoms with van der Waals surface area (Å²) in [6.07, 6.45) is 2.17. The summed E-state index contributed by atoms with van der Waals surface area (Å²) in [4.78, 5) is 29.3. The number of urea groups is 1. The Balaban J connectivity index is 2.16. The molecule has 0 fully saturated rings. The molecule has 0 aliphatic heterocycles. The Morgan fingerprint density at radius 2 is 1.74 bits per heavy atom. The topological polar surface area (TPSA) is 93.5 Å². The fourth-order valence-corrected chi connectivity index (χ4v) is 3.30. The highest BCUT2D eigenvalue weighted by atomic mass is 16.5. The minimum atomic E-state index is -0.424. The maximum Gasteiger partial charge on any atom is 0.318 e. The van der Waals surface area contributed by atoms with Crippen LogP contribution in [0.1, 0.15) is 32.1 Å². The lowest BCUT2D eigenvalue weighted by atomic mass is 10.1. The molecule has 1 N–H and O–H groups in total. The summed E-state index contributed by atoms with van der Waals surface area (Å²) in [5.74, 6) is 1.77. The molecule has 2 rings (SSSR count). The second-order valence-corrected chi connectivity index (χ2v) is 8.93. The van der Waals surface area contributed by atoms with Gasteiger partial charge in [0.25, 0.3) is 0 Å². The minimum absolute atomic E-state index is 0.0715. The first-order valence-corrected chi connectivity index (χ1v) is 11.2. The Kier molecular flexibility index (Phi) is 10.2. The van der Waals surface area contributed by atoms with Crippen molar-refractivity contribution in [2.24, 2.45) is 0 Å². The molecule has 0 atom stereocenters. The molecule has 34 heavy (non-hydrogen) atoms. The van der Waals surface area contributed by atoms with Gasteiger partial charge < -0.3 is 33.7 Å². The third kappa shape index (κ3) is 8.62. The number of amides is 3. The van der Waals surface area contributed by atoms with Gasteiger partial charge in [-0.1, -0.05) is 6.07 Å². The quantitative estimate of drug-likeness (QED) is 0.506. The van der Waals surface area contributed by atoms with E-state index in [9.17, 15) is 9.59 Å². The van der Waals surface area contributed by atoms with E-state index in [4.69, 9.17) is 18.6 Å². The lowest BCUT2D eigenvalue weighted by Gasteiger charge is -2.30. The summed E-state index contributed by atoms with van der Waals surface area (Å²) in [5.41, 5.74) is 0.573. The van der Waals surface area contributed by atoms with Gasteiger partial charge in [-0.15, -0.1) is 0 Å². The first kappa shape index (κ1) is 27.0. The van der Waals surface area contributed by atoms with Crippen LogP contribution in [0.4, 0.5) is 4.79 Å². The molecule has 1 heterocycles. The van der Waals surface area contributed by atoms with Gasteiger partial charge in [0.2, 0.25) is 5.91 Å². The van der Waals surface area contributed by atoms with E-state index < -0.39 is 5.54 Å². The lowest BCUT2D eigenvalue weighted by molar-refractivity contribution is -0.132. The predicted octanol–water partition coefficient (Wildman–Crippen LogP) is 3.32. The normalized spacial score (nSPS) is 11.1. The second-order valence-electron chi connectivity index (χ2n) is 8.93. The standard InChI is InChI=1S/C25H37N3O6/c1-25(2,3)26-24(30)28(13-15-31-4)18-23(29)27(17-20-8-7-14-34-20)12-11-19-9-10-21(32-5)22(16-19)33-6/h7-10,14,16H,11-13,15,17-18H2,1-6H3,(H,26,30). The molecule has 0 saturated heterocycles. The average Bonchev–Trinajstić information content (AvgIpc) is 3.30. The molecule has 0 aliphatic carbocycles. The van der Waals surface area contributed by atoms with E-state index in [2.05, 4.69) is 5.32 Å². The van der Waals surface area contributed by atoms with Crippen LogP contribution < -0.4 is 14.8 Å². The zero-order valence-corrected chi connectivity index (χ0v) is 21.1. The summed E-state index contributed by atoms with van der Waals surface area (Å²) in [6, 6.07) is 8.99. The van der Waals surface area contributed by atoms with Crippen molar-refractivity contribution in [1.82, 2.24) is 15.1 Å². The molecule has 0 spiro atoms. The maximum absolute atomic E-state index is 13.3. The molecule has 2 aromatic rings. The van der Waals surface area contributed by atoms with Gasteiger partial charge >= 0.3 is 6.03 Å². The minimum Gasteiger partial charge on any atom is -0.493 e. The zero-order valence-electron chi connectivity index (χ0n) is 21.1. The number of hydrogen-bond acceptors (Lipinski definition) is 6. The van der Waals surface area contributed by atoms with Gasteiger partial charge in [0.15, 0.2) is 11.5 Å². The highest BCUT2D eigenvalue weighted by molar-refractivity contribution is 5.84. The molecule has 3 amide bonds. The van der Waals surface area contributed by atoms with Crippen LogP contribution in [0, 0.1) is 0 Å². The van der Waals surface area contributed by atoms with Crippen LogP contribution in [0.15, 0.2) is 41.0 Å². The number of hydrogen-bond donors (Lipinski definition) is 1. The van der Waals surface area contributed by atoms with Crippen molar-refractivity contribution in [3.05, 3.63) is 47.9 Å². The van der Waals surface area contributed by atoms with Crippen molar-refractivity contribution >= 4 is 11.9 Å². The average molecular weight is 476 g/mol. The molecule has 0 bridgehead atoms. The third-order valence-corrected chi connectivity index (χ3v) is 5.06. The molecule has 0 aliphatic rings. The Hall–Kier alpha value is -3.20. The summed E-state index contributed by atoms with van der Waals surface area (Å²) < 4.78 is 21.3. The van der Waals surface area contributed by atoms with Gasteiger partial charge in [-0.25, -0.2) is 4.79 Å². The number of nitrogens with zero attached hydrogens (tertiary/aromatic N) is 2. The molecule has 9 nitrogen and oxygen atoms in total. The van der Waals surface area contributed by atoms with E-state index in [0.29, 0.717) is 49.9 Å². The summed E-state index contributed by atoms with van der Waals surface area (Å²) >= 11 is 0. The summed E-state index contributed by atoms with van der Waals surface area (Å²) in [5, 5.41) is 2.92. The Labute approximate surface area is 201 Å². The highest BCUT2D eigenvalue weighted by Crippen LogP contribution is 2.27. The van der Waals surface area contributed by atoms with Crippen molar-refractivity contribution < 1.29 is 28.2 Å². The number of rotatable bonds is 12. The fourth-order valence-electron chi connectivity index (χ4n) is 3.30. The van der Waals surface area contributed by atoms with Crippen LogP contribution in [0.3, 0.4) is 0 Å². The number of methoxy groups -OCH3 is 3. The van der Waals surface area contributed by atoms with Crippen molar-refractivity contribution in [2.45, 2.75) is 39.3 Å². The van der Waals surface area contributed by atoms with Crippen molar-refractivity contribution in [2.75, 3.05) is 47.6 Å². The first-order chi connectivity index (χ1) is 16.2. The van der Waals surface area contributed by atoms with Gasteiger partial charge in [0.1, 0.15) is 12.3 Å². The molecule has 0 saturated carbocycles. The van der Waals surface area contributed by atoms with E-state index in [0.717, 1.165) is 5.56 Å². The Morgan fingerprint density at radius 1 is 1.00 bits per heavy atom. The van der Waals surface area contributed by atoms with E-state index in [1.54, 1.807) is 38.6 Å². The molecule has 0 radical (unpaired) electrons. The van der Waals surface area contributed by atoms with E-state index >= 15 is 0 Å². The molecule has 9 heteroatoms. The number of ether oxygens (including phenoxy) is 3. The van der Waals surface area contributed by atoms with E-state index in [1.807, 2.05) is 45.0 Å². The van der Waals surface area contributed by atoms with Gasteiger partial charge in [-0.2, -0.15) is 0 Å². The third-order valence-electron chi connectivity index (χ3n) is 5.06. The monoisotopic (exact) mass is 475 g/mol. The highest BCUT2D eigenvalue weighted by Gasteiger charge is 2.24.